The highest BCUT2D eigenvalue weighted by atomic mass is 32.2. The maximum Gasteiger partial charge on any atom is 0.243 e. The summed E-state index contributed by atoms with van der Waals surface area (Å²) < 4.78 is 27.3. The molecule has 0 unspecified atom stereocenters. The van der Waals surface area contributed by atoms with Gasteiger partial charge in [0.25, 0.3) is 0 Å². The Bertz CT molecular complexity index is 625. The van der Waals surface area contributed by atoms with Crippen LogP contribution in [0.1, 0.15) is 41.5 Å². The van der Waals surface area contributed by atoms with Crippen molar-refractivity contribution in [3.63, 3.8) is 0 Å². The molecule has 5 nitrogen and oxygen atoms in total. The third-order valence-electron chi connectivity index (χ3n) is 3.42. The second kappa shape index (κ2) is 8.62. The largest absolute Gasteiger partial charge is 0.326 e. The van der Waals surface area contributed by atoms with Crippen LogP contribution in [0.15, 0.2) is 29.2 Å². The molecular weight excluding hydrogens is 324 g/mol. The lowest BCUT2D eigenvalue weighted by molar-refractivity contribution is -0.118. The number of amides is 1. The van der Waals surface area contributed by atoms with Gasteiger partial charge in [-0.05, 0) is 36.1 Å². The number of sulfonamides is 1. The van der Waals surface area contributed by atoms with Crippen LogP contribution in [-0.2, 0) is 14.8 Å². The number of carbonyl (C=O) groups excluding carboxylic acids is 1. The molecule has 0 aliphatic carbocycles. The number of nitrogens with one attached hydrogen (secondary N) is 1. The van der Waals surface area contributed by atoms with Gasteiger partial charge in [0.1, 0.15) is 0 Å². The third kappa shape index (κ3) is 5.91. The van der Waals surface area contributed by atoms with Crippen molar-refractivity contribution in [1.82, 2.24) is 4.31 Å². The van der Waals surface area contributed by atoms with Crippen molar-refractivity contribution >= 4 is 21.6 Å². The van der Waals surface area contributed by atoms with Gasteiger partial charge >= 0.3 is 0 Å². The molecule has 0 bridgehead atoms. The van der Waals surface area contributed by atoms with E-state index >= 15 is 0 Å². The SMILES string of the molecule is CC(C)CN(CC(C)C)S(=O)(=O)c1ccc(NC(=O)C(C)C)cc1. The summed E-state index contributed by atoms with van der Waals surface area (Å²) in [7, 11) is -3.53. The van der Waals surface area contributed by atoms with Crippen molar-refractivity contribution in [2.75, 3.05) is 18.4 Å². The molecule has 1 N–H and O–H groups in total. The molecule has 0 aromatic heterocycles. The lowest BCUT2D eigenvalue weighted by Crippen LogP contribution is -2.37. The zero-order valence-corrected chi connectivity index (χ0v) is 16.4. The summed E-state index contributed by atoms with van der Waals surface area (Å²) in [6.45, 7) is 12.6. The molecule has 1 aromatic carbocycles. The average Bonchev–Trinajstić information content (AvgIpc) is 2.46. The number of hydrogen-bond acceptors (Lipinski definition) is 3. The summed E-state index contributed by atoms with van der Waals surface area (Å²) >= 11 is 0. The van der Waals surface area contributed by atoms with Crippen LogP contribution >= 0.6 is 0 Å². The smallest absolute Gasteiger partial charge is 0.243 e. The van der Waals surface area contributed by atoms with Gasteiger partial charge in [-0.15, -0.1) is 0 Å². The Kier molecular flexibility index (Phi) is 7.42. The van der Waals surface area contributed by atoms with E-state index in [9.17, 15) is 13.2 Å². The van der Waals surface area contributed by atoms with E-state index in [-0.39, 0.29) is 28.6 Å². The number of benzene rings is 1. The molecule has 1 amide bonds. The fourth-order valence-electron chi connectivity index (χ4n) is 2.23. The summed E-state index contributed by atoms with van der Waals surface area (Å²) in [6, 6.07) is 6.38. The first-order valence-corrected chi connectivity index (χ1v) is 9.89. The Morgan fingerprint density at radius 3 is 1.79 bits per heavy atom. The van der Waals surface area contributed by atoms with Crippen molar-refractivity contribution < 1.29 is 13.2 Å². The first kappa shape index (κ1) is 20.6. The number of rotatable bonds is 8. The zero-order valence-electron chi connectivity index (χ0n) is 15.5. The third-order valence-corrected chi connectivity index (χ3v) is 5.27. The minimum absolute atomic E-state index is 0.0909. The lowest BCUT2D eigenvalue weighted by Gasteiger charge is -2.25. The fourth-order valence-corrected chi connectivity index (χ4v) is 4.00. The van der Waals surface area contributed by atoms with Gasteiger partial charge in [-0.3, -0.25) is 4.79 Å². The van der Waals surface area contributed by atoms with Crippen molar-refractivity contribution in [3.8, 4) is 0 Å². The highest BCUT2D eigenvalue weighted by Gasteiger charge is 2.25. The van der Waals surface area contributed by atoms with E-state index in [0.717, 1.165) is 0 Å². The Morgan fingerprint density at radius 1 is 0.958 bits per heavy atom. The molecule has 0 aliphatic rings. The van der Waals surface area contributed by atoms with Crippen LogP contribution in [0.4, 0.5) is 5.69 Å². The summed E-state index contributed by atoms with van der Waals surface area (Å²) in [5.41, 5.74) is 0.604. The lowest BCUT2D eigenvalue weighted by atomic mass is 10.2. The minimum atomic E-state index is -3.53. The molecule has 1 aromatic rings. The molecule has 0 heterocycles. The molecule has 0 saturated heterocycles. The maximum absolute atomic E-state index is 12.9. The predicted octanol–water partition coefficient (Wildman–Crippen LogP) is 3.58. The quantitative estimate of drug-likeness (QED) is 0.776. The normalized spacial score (nSPS) is 12.4. The topological polar surface area (TPSA) is 66.5 Å². The van der Waals surface area contributed by atoms with Crippen LogP contribution in [0.5, 0.6) is 0 Å². The first-order valence-electron chi connectivity index (χ1n) is 8.45. The number of anilines is 1. The summed E-state index contributed by atoms with van der Waals surface area (Å²) in [4.78, 5) is 12.0. The van der Waals surface area contributed by atoms with Gasteiger partial charge in [0, 0.05) is 24.7 Å². The Morgan fingerprint density at radius 2 is 1.42 bits per heavy atom. The first-order chi connectivity index (χ1) is 11.0. The standard InChI is InChI=1S/C18H30N2O3S/c1-13(2)11-20(12-14(3)4)24(22,23)17-9-7-16(8-10-17)19-18(21)15(5)6/h7-10,13-15H,11-12H2,1-6H3,(H,19,21). The average molecular weight is 355 g/mol. The van der Waals surface area contributed by atoms with Crippen LogP contribution in [0.3, 0.4) is 0 Å². The van der Waals surface area contributed by atoms with Gasteiger partial charge in [0.05, 0.1) is 4.90 Å². The van der Waals surface area contributed by atoms with E-state index in [0.29, 0.717) is 18.8 Å². The van der Waals surface area contributed by atoms with Crippen LogP contribution in [0.25, 0.3) is 0 Å². The van der Waals surface area contributed by atoms with Crippen molar-refractivity contribution in [2.24, 2.45) is 17.8 Å². The Balaban J connectivity index is 3.01. The number of hydrogen-bond donors (Lipinski definition) is 1. The molecular formula is C18H30N2O3S. The summed E-state index contributed by atoms with van der Waals surface area (Å²) in [5.74, 6) is 0.291. The highest BCUT2D eigenvalue weighted by molar-refractivity contribution is 7.89. The van der Waals surface area contributed by atoms with Crippen molar-refractivity contribution in [1.29, 1.82) is 0 Å². The molecule has 6 heteroatoms. The van der Waals surface area contributed by atoms with Gasteiger partial charge < -0.3 is 5.32 Å². The number of nitrogens with zero attached hydrogens (tertiary/aromatic N) is 1. The molecule has 0 atom stereocenters. The fraction of sp³-hybridized carbons (Fsp3) is 0.611. The zero-order chi connectivity index (χ0) is 18.5. The van der Waals surface area contributed by atoms with E-state index in [1.54, 1.807) is 28.6 Å². The van der Waals surface area contributed by atoms with Gasteiger partial charge in [-0.2, -0.15) is 4.31 Å². The van der Waals surface area contributed by atoms with E-state index in [1.165, 1.54) is 0 Å². The second-order valence-electron chi connectivity index (χ2n) is 7.28. The summed E-state index contributed by atoms with van der Waals surface area (Å²) in [6.07, 6.45) is 0. The maximum atomic E-state index is 12.9. The molecule has 0 saturated carbocycles. The van der Waals surface area contributed by atoms with E-state index in [1.807, 2.05) is 41.5 Å². The molecule has 0 aliphatic heterocycles. The van der Waals surface area contributed by atoms with Crippen LogP contribution in [-0.4, -0.2) is 31.7 Å². The molecule has 24 heavy (non-hydrogen) atoms. The molecule has 0 fully saturated rings. The van der Waals surface area contributed by atoms with E-state index in [2.05, 4.69) is 5.32 Å². The molecule has 136 valence electrons. The van der Waals surface area contributed by atoms with E-state index < -0.39 is 10.0 Å². The van der Waals surface area contributed by atoms with Crippen LogP contribution in [0, 0.1) is 17.8 Å². The molecule has 1 rings (SSSR count). The van der Waals surface area contributed by atoms with Crippen LogP contribution < -0.4 is 5.32 Å². The van der Waals surface area contributed by atoms with Crippen LogP contribution in [0.2, 0.25) is 0 Å². The Hall–Kier alpha value is -1.40. The summed E-state index contributed by atoms with van der Waals surface area (Å²) in [5, 5.41) is 2.77. The Labute approximate surface area is 146 Å². The highest BCUT2D eigenvalue weighted by Crippen LogP contribution is 2.21. The molecule has 0 radical (unpaired) electrons. The van der Waals surface area contributed by atoms with Gasteiger partial charge in [0.2, 0.25) is 15.9 Å². The predicted molar refractivity (Wildman–Crippen MR) is 98.3 cm³/mol. The monoisotopic (exact) mass is 354 g/mol. The van der Waals surface area contributed by atoms with Crippen molar-refractivity contribution in [2.45, 2.75) is 46.4 Å². The van der Waals surface area contributed by atoms with E-state index in [4.69, 9.17) is 0 Å². The van der Waals surface area contributed by atoms with Crippen molar-refractivity contribution in [3.05, 3.63) is 24.3 Å². The minimum Gasteiger partial charge on any atom is -0.326 e. The molecule has 0 spiro atoms. The second-order valence-corrected chi connectivity index (χ2v) is 9.22. The van der Waals surface area contributed by atoms with Gasteiger partial charge in [-0.1, -0.05) is 41.5 Å². The van der Waals surface area contributed by atoms with Gasteiger partial charge in [-0.25, -0.2) is 8.42 Å². The van der Waals surface area contributed by atoms with Gasteiger partial charge in [0.15, 0.2) is 0 Å². The number of carbonyl (C=O) groups is 1.